The maximum absolute atomic E-state index is 12.7. The smallest absolute Gasteiger partial charge is 0.338 e. The number of aromatic hydroxyl groups is 1. The van der Waals surface area contributed by atoms with E-state index in [-0.39, 0.29) is 5.75 Å². The lowest BCUT2D eigenvalue weighted by Gasteiger charge is -2.31. The molecule has 0 aliphatic carbocycles. The molecular formula is C29H32N2O7. The monoisotopic (exact) mass is 520 g/mol. The Morgan fingerprint density at radius 2 is 1.50 bits per heavy atom. The highest BCUT2D eigenvalue weighted by Gasteiger charge is 2.21. The number of rotatable bonds is 10. The number of hydrogen-bond donors (Lipinski definition) is 2. The fourth-order valence-electron chi connectivity index (χ4n) is 4.10. The Balaban J connectivity index is 1.41. The number of ether oxygens (including phenoxy) is 4. The van der Waals surface area contributed by atoms with Crippen LogP contribution in [0, 0.1) is 0 Å². The Labute approximate surface area is 221 Å². The van der Waals surface area contributed by atoms with Crippen molar-refractivity contribution in [3.63, 3.8) is 0 Å². The summed E-state index contributed by atoms with van der Waals surface area (Å²) in [6.45, 7) is 6.87. The van der Waals surface area contributed by atoms with Gasteiger partial charge in [-0.15, -0.1) is 0 Å². The third kappa shape index (κ3) is 6.74. The van der Waals surface area contributed by atoms with Crippen LogP contribution < -0.4 is 19.7 Å². The third-order valence-corrected chi connectivity index (χ3v) is 5.94. The summed E-state index contributed by atoms with van der Waals surface area (Å²) in [5.74, 6) is 0.199. The van der Waals surface area contributed by atoms with Crippen molar-refractivity contribution < 1.29 is 33.6 Å². The van der Waals surface area contributed by atoms with Gasteiger partial charge in [-0.25, -0.2) is 4.79 Å². The highest BCUT2D eigenvalue weighted by atomic mass is 16.5. The minimum absolute atomic E-state index is 0.183. The van der Waals surface area contributed by atoms with Gasteiger partial charge < -0.3 is 34.3 Å². The molecule has 0 aromatic heterocycles. The molecular weight excluding hydrogens is 488 g/mol. The van der Waals surface area contributed by atoms with Gasteiger partial charge in [-0.2, -0.15) is 0 Å². The molecule has 1 fully saturated rings. The quantitative estimate of drug-likeness (QED) is 0.377. The van der Waals surface area contributed by atoms with Gasteiger partial charge in [-0.3, -0.25) is 4.79 Å². The van der Waals surface area contributed by atoms with Crippen molar-refractivity contribution in [1.29, 1.82) is 0 Å². The molecule has 0 atom stereocenters. The van der Waals surface area contributed by atoms with Gasteiger partial charge in [-0.1, -0.05) is 24.3 Å². The lowest BCUT2D eigenvalue weighted by atomic mass is 10.0. The second kappa shape index (κ2) is 12.8. The predicted molar refractivity (Wildman–Crippen MR) is 144 cm³/mol. The van der Waals surface area contributed by atoms with Crippen molar-refractivity contribution in [2.45, 2.75) is 13.8 Å². The van der Waals surface area contributed by atoms with Crippen LogP contribution in [0.15, 0.2) is 60.7 Å². The number of morpholine rings is 1. The van der Waals surface area contributed by atoms with Crippen LogP contribution in [0.1, 0.15) is 24.2 Å². The van der Waals surface area contributed by atoms with Gasteiger partial charge in [0.15, 0.2) is 6.61 Å². The fourth-order valence-corrected chi connectivity index (χ4v) is 4.10. The Kier molecular flexibility index (Phi) is 9.05. The molecule has 0 radical (unpaired) electrons. The summed E-state index contributed by atoms with van der Waals surface area (Å²) in [4.78, 5) is 27.4. The number of phenols is 1. The lowest BCUT2D eigenvalue weighted by molar-refractivity contribution is -0.119. The van der Waals surface area contributed by atoms with Gasteiger partial charge >= 0.3 is 5.97 Å². The zero-order chi connectivity index (χ0) is 26.9. The third-order valence-electron chi connectivity index (χ3n) is 5.94. The first-order valence-corrected chi connectivity index (χ1v) is 12.6. The molecule has 1 aliphatic rings. The normalized spacial score (nSPS) is 13.1. The summed E-state index contributed by atoms with van der Waals surface area (Å²) in [7, 11) is 0. The van der Waals surface area contributed by atoms with Gasteiger partial charge in [0.1, 0.15) is 17.2 Å². The van der Waals surface area contributed by atoms with Gasteiger partial charge in [-0.05, 0) is 49.2 Å². The molecule has 1 aliphatic heterocycles. The summed E-state index contributed by atoms with van der Waals surface area (Å²) in [5, 5.41) is 12.2. The van der Waals surface area contributed by atoms with Gasteiger partial charge in [0.25, 0.3) is 5.91 Å². The minimum atomic E-state index is -0.611. The van der Waals surface area contributed by atoms with Crippen molar-refractivity contribution in [3.8, 4) is 28.4 Å². The van der Waals surface area contributed by atoms with Crippen LogP contribution in [0.2, 0.25) is 0 Å². The summed E-state index contributed by atoms with van der Waals surface area (Å²) < 4.78 is 22.4. The molecule has 9 nitrogen and oxygen atoms in total. The maximum Gasteiger partial charge on any atom is 0.338 e. The van der Waals surface area contributed by atoms with E-state index in [9.17, 15) is 14.7 Å². The van der Waals surface area contributed by atoms with E-state index in [0.717, 1.165) is 29.9 Å². The van der Waals surface area contributed by atoms with E-state index in [1.165, 1.54) is 0 Å². The minimum Gasteiger partial charge on any atom is -0.508 e. The van der Waals surface area contributed by atoms with E-state index < -0.39 is 18.5 Å². The van der Waals surface area contributed by atoms with Crippen LogP contribution in [0.4, 0.5) is 11.4 Å². The average Bonchev–Trinajstić information content (AvgIpc) is 2.94. The molecule has 0 unspecified atom stereocenters. The first-order chi connectivity index (χ1) is 18.5. The largest absolute Gasteiger partial charge is 0.508 e. The highest BCUT2D eigenvalue weighted by molar-refractivity contribution is 5.97. The molecule has 2 N–H and O–H groups in total. The lowest BCUT2D eigenvalue weighted by Crippen LogP contribution is -2.36. The Morgan fingerprint density at radius 1 is 0.895 bits per heavy atom. The van der Waals surface area contributed by atoms with Crippen LogP contribution in [-0.2, 0) is 14.3 Å². The van der Waals surface area contributed by atoms with Crippen LogP contribution in [0.25, 0.3) is 11.1 Å². The van der Waals surface area contributed by atoms with Crippen LogP contribution in [-0.4, -0.2) is 63.1 Å². The molecule has 1 heterocycles. The molecule has 1 amide bonds. The Bertz CT molecular complexity index is 1240. The molecule has 38 heavy (non-hydrogen) atoms. The standard InChI is InChI=1S/C29H32N2O7/c1-3-36-26-18-25(31-13-15-35-16-14-31)27(37-4-2)17-24(26)30-28(33)19-38-29(34)22-7-5-20(6-8-22)21-9-11-23(32)12-10-21/h5-12,17-18,32H,3-4,13-16,19H2,1-2H3,(H,30,33). The van der Waals surface area contributed by atoms with Crippen molar-refractivity contribution in [1.82, 2.24) is 0 Å². The predicted octanol–water partition coefficient (Wildman–Crippen LogP) is 4.49. The van der Waals surface area contributed by atoms with Crippen molar-refractivity contribution >= 4 is 23.3 Å². The fraction of sp³-hybridized carbons (Fsp3) is 0.310. The van der Waals surface area contributed by atoms with E-state index in [4.69, 9.17) is 18.9 Å². The molecule has 4 rings (SSSR count). The zero-order valence-corrected chi connectivity index (χ0v) is 21.6. The number of benzene rings is 3. The van der Waals surface area contributed by atoms with Gasteiger partial charge in [0.05, 0.1) is 43.4 Å². The second-order valence-corrected chi connectivity index (χ2v) is 8.53. The molecule has 0 bridgehead atoms. The summed E-state index contributed by atoms with van der Waals surface area (Å²) >= 11 is 0. The summed E-state index contributed by atoms with van der Waals surface area (Å²) in [6, 6.07) is 17.2. The van der Waals surface area contributed by atoms with Gasteiger partial charge in [0.2, 0.25) is 0 Å². The average molecular weight is 521 g/mol. The molecule has 3 aromatic carbocycles. The van der Waals surface area contributed by atoms with E-state index >= 15 is 0 Å². The molecule has 0 spiro atoms. The van der Waals surface area contributed by atoms with E-state index in [2.05, 4.69) is 10.2 Å². The van der Waals surface area contributed by atoms with E-state index in [1.54, 1.807) is 54.6 Å². The van der Waals surface area contributed by atoms with Gasteiger partial charge in [0, 0.05) is 25.2 Å². The highest BCUT2D eigenvalue weighted by Crippen LogP contribution is 2.39. The number of esters is 1. The first-order valence-electron chi connectivity index (χ1n) is 12.6. The van der Waals surface area contributed by atoms with Crippen LogP contribution >= 0.6 is 0 Å². The maximum atomic E-state index is 12.7. The number of nitrogens with one attached hydrogen (secondary N) is 1. The number of amides is 1. The van der Waals surface area contributed by atoms with E-state index in [1.807, 2.05) is 19.9 Å². The molecule has 0 saturated carbocycles. The van der Waals surface area contributed by atoms with Crippen molar-refractivity contribution in [2.75, 3.05) is 56.3 Å². The SMILES string of the molecule is CCOc1cc(N2CCOCC2)c(OCC)cc1NC(=O)COC(=O)c1ccc(-c2ccc(O)cc2)cc1. The number of carbonyl (C=O) groups is 2. The molecule has 3 aromatic rings. The van der Waals surface area contributed by atoms with Crippen molar-refractivity contribution in [3.05, 3.63) is 66.2 Å². The molecule has 1 saturated heterocycles. The number of carbonyl (C=O) groups excluding carboxylic acids is 2. The summed E-state index contributed by atoms with van der Waals surface area (Å²) in [6.07, 6.45) is 0. The van der Waals surface area contributed by atoms with E-state index in [0.29, 0.717) is 49.2 Å². The molecule has 200 valence electrons. The number of nitrogens with zero attached hydrogens (tertiary/aromatic N) is 1. The molecule has 9 heteroatoms. The van der Waals surface area contributed by atoms with Crippen molar-refractivity contribution in [2.24, 2.45) is 0 Å². The Morgan fingerprint density at radius 3 is 2.13 bits per heavy atom. The van der Waals surface area contributed by atoms with Crippen LogP contribution in [0.3, 0.4) is 0 Å². The topological polar surface area (TPSA) is 107 Å². The number of phenolic OH excluding ortho intramolecular Hbond substituents is 1. The van der Waals surface area contributed by atoms with Crippen LogP contribution in [0.5, 0.6) is 17.2 Å². The second-order valence-electron chi connectivity index (χ2n) is 8.53. The zero-order valence-electron chi connectivity index (χ0n) is 21.6. The number of hydrogen-bond acceptors (Lipinski definition) is 8. The summed E-state index contributed by atoms with van der Waals surface area (Å²) in [5.41, 5.74) is 3.42. The first kappa shape index (κ1) is 26.8. The number of anilines is 2. The Hall–Kier alpha value is -4.24.